The van der Waals surface area contributed by atoms with E-state index in [1.807, 2.05) is 5.32 Å². The number of rotatable bonds is 38. The van der Waals surface area contributed by atoms with Gasteiger partial charge in [-0.2, -0.15) is 0 Å². The molecule has 2 aliphatic rings. The Hall–Kier alpha value is -8.56. The van der Waals surface area contributed by atoms with Crippen LogP contribution in [0.2, 0.25) is 0 Å². The largest absolute Gasteiger partial charge is 0.481 e. The van der Waals surface area contributed by atoms with Gasteiger partial charge in [-0.15, -0.1) is 0 Å². The summed E-state index contributed by atoms with van der Waals surface area (Å²) >= 11 is 0. The van der Waals surface area contributed by atoms with Gasteiger partial charge in [0, 0.05) is 26.3 Å². The minimum Gasteiger partial charge on any atom is -0.481 e. The number of carboxylic acid groups (broad SMARTS) is 4. The van der Waals surface area contributed by atoms with Crippen molar-refractivity contribution in [2.75, 3.05) is 26.2 Å². The van der Waals surface area contributed by atoms with E-state index in [1.165, 1.54) is 18.7 Å². The molecule has 2 rings (SSSR count). The van der Waals surface area contributed by atoms with Crippen molar-refractivity contribution in [3.8, 4) is 0 Å². The fourth-order valence-corrected chi connectivity index (χ4v) is 9.29. The van der Waals surface area contributed by atoms with E-state index in [9.17, 15) is 82.1 Å². The summed E-state index contributed by atoms with van der Waals surface area (Å²) in [5, 5.41) is 63.1. The highest BCUT2D eigenvalue weighted by atomic mass is 16.4. The lowest BCUT2D eigenvalue weighted by Gasteiger charge is -2.32. The molecule has 90 heavy (non-hydrogen) atoms. The predicted molar refractivity (Wildman–Crippen MR) is 318 cm³/mol. The SMILES string of the molecule is CC(=O)O.CC(C)C[C@H](NC(=O)[C@@H]1CCCN1C(=O)[C@@H](NC(=O)CNC(=O)[C@H](CCC(=O)O)NC(=O)[C@H](C)NC(=O)[C@H](C)NC(=O)[C@@H]1CCCN1)C(C)C)C(=O)N[C@H](C(=O)N[C@@H](CCCCN)C(=O)N[C@@H](CCC(N)=O)C(=O)N[C@@H](CC(=O)O)C(=O)O)C(C)C. The average molecular weight is 1280 g/mol. The normalized spacial score (nSPS) is 17.3. The topological polar surface area (TPSA) is 542 Å². The van der Waals surface area contributed by atoms with Crippen LogP contribution >= 0.6 is 0 Å². The Morgan fingerprint density at radius 2 is 1.06 bits per heavy atom. The number of hydrogen-bond acceptors (Lipinski definition) is 18. The molecule has 34 nitrogen and oxygen atoms in total. The van der Waals surface area contributed by atoms with Crippen LogP contribution in [0, 0.1) is 17.8 Å². The lowest BCUT2D eigenvalue weighted by atomic mass is 9.98. The second-order valence-corrected chi connectivity index (χ2v) is 23.1. The van der Waals surface area contributed by atoms with E-state index in [0.29, 0.717) is 25.8 Å². The number of carbonyl (C=O) groups excluding carboxylic acids is 12. The molecule has 0 radical (unpaired) electrons. The van der Waals surface area contributed by atoms with Crippen LogP contribution in [-0.4, -0.2) is 213 Å². The second kappa shape index (κ2) is 40.2. The molecule has 2 heterocycles. The smallest absolute Gasteiger partial charge is 0.326 e. The lowest BCUT2D eigenvalue weighted by molar-refractivity contribution is -0.147. The van der Waals surface area contributed by atoms with Crippen molar-refractivity contribution in [2.45, 2.75) is 212 Å². The van der Waals surface area contributed by atoms with E-state index in [1.54, 1.807) is 41.5 Å². The molecule has 11 atom stereocenters. The van der Waals surface area contributed by atoms with Gasteiger partial charge in [-0.05, 0) is 109 Å². The molecule has 2 saturated heterocycles. The van der Waals surface area contributed by atoms with Crippen molar-refractivity contribution in [1.82, 2.24) is 63.4 Å². The molecule has 508 valence electrons. The van der Waals surface area contributed by atoms with Gasteiger partial charge in [0.25, 0.3) is 5.97 Å². The van der Waals surface area contributed by atoms with Crippen LogP contribution in [-0.2, 0) is 76.7 Å². The predicted octanol–water partition coefficient (Wildman–Crippen LogP) is -4.48. The highest BCUT2D eigenvalue weighted by molar-refractivity contribution is 5.99. The first-order valence-electron chi connectivity index (χ1n) is 29.9. The van der Waals surface area contributed by atoms with Crippen molar-refractivity contribution in [3.05, 3.63) is 0 Å². The molecular weight excluding hydrogens is 1190 g/mol. The Bertz CT molecular complexity index is 2540. The monoisotopic (exact) mass is 1280 g/mol. The maximum Gasteiger partial charge on any atom is 0.326 e. The Balaban J connectivity index is 0.00000980. The Morgan fingerprint density at radius 3 is 1.58 bits per heavy atom. The molecule has 0 bridgehead atoms. The van der Waals surface area contributed by atoms with Crippen molar-refractivity contribution in [3.63, 3.8) is 0 Å². The fraction of sp³-hybridized carbons (Fsp3) is 0.714. The molecule has 12 amide bonds. The number of carboxylic acids is 4. The zero-order valence-corrected chi connectivity index (χ0v) is 52.5. The number of unbranched alkanes of at least 4 members (excludes halogenated alkanes) is 1. The molecule has 19 N–H and O–H groups in total. The summed E-state index contributed by atoms with van der Waals surface area (Å²) in [4.78, 5) is 206. The lowest BCUT2D eigenvalue weighted by Crippen LogP contribution is -2.61. The van der Waals surface area contributed by atoms with Crippen LogP contribution in [0.5, 0.6) is 0 Å². The van der Waals surface area contributed by atoms with Gasteiger partial charge in [0.15, 0.2) is 0 Å². The summed E-state index contributed by atoms with van der Waals surface area (Å²) in [6.45, 7) is 14.0. The van der Waals surface area contributed by atoms with Gasteiger partial charge in [-0.1, -0.05) is 41.5 Å². The molecule has 0 aromatic rings. The van der Waals surface area contributed by atoms with Gasteiger partial charge in [0.05, 0.1) is 19.0 Å². The number of amides is 12. The minimum absolute atomic E-state index is 0.0459. The number of primary amides is 1. The third-order valence-electron chi connectivity index (χ3n) is 14.1. The van der Waals surface area contributed by atoms with Crippen molar-refractivity contribution < 1.29 is 97.1 Å². The molecule has 0 spiro atoms. The average Bonchev–Trinajstić information content (AvgIpc) is 2.00. The van der Waals surface area contributed by atoms with E-state index in [2.05, 4.69) is 53.2 Å². The van der Waals surface area contributed by atoms with Crippen LogP contribution in [0.25, 0.3) is 0 Å². The van der Waals surface area contributed by atoms with Crippen molar-refractivity contribution in [2.24, 2.45) is 29.2 Å². The molecule has 0 aromatic carbocycles. The third kappa shape index (κ3) is 29.6. The van der Waals surface area contributed by atoms with E-state index in [-0.39, 0.29) is 50.6 Å². The first kappa shape index (κ1) is 79.5. The summed E-state index contributed by atoms with van der Waals surface area (Å²) in [6.07, 6.45) is -0.384. The Kier molecular flexibility index (Phi) is 35.4. The molecule has 0 aromatic heterocycles. The molecule has 34 heteroatoms. The standard InChI is InChI=1S/C54H90N14O18.C2H4O2/c1-26(2)23-35(50(81)67-42(27(3)4)52(83)63-32(13-9-10-20-55)48(79)62-34(16-18-38(56)69)49(80)65-36(54(85)86)24-41(73)74)64-51(82)37-15-12-22-68(37)53(84)43(28(5)6)66-39(70)25-58-46(77)33(17-19-40(71)72)61-45(76)30(8)59-44(75)29(7)60-47(78)31-14-11-21-57-31;1-2(3)4/h26-37,42-43,57H,9-25,55H2,1-8H3,(H2,56,69)(H,58,77)(H,59,75)(H,60,78)(H,61,76)(H,62,79)(H,63,83)(H,64,82)(H,65,80)(H,66,70)(H,67,81)(H,71,72)(H,73,74)(H,85,86);1H3,(H,3,4)/t29-,30-,31-,32-,33-,34-,35-,36-,37-,42-,43-;/m0./s1. The summed E-state index contributed by atoms with van der Waals surface area (Å²) < 4.78 is 0. The van der Waals surface area contributed by atoms with E-state index >= 15 is 0 Å². The van der Waals surface area contributed by atoms with E-state index in [4.69, 9.17) is 26.5 Å². The van der Waals surface area contributed by atoms with Crippen molar-refractivity contribution in [1.29, 1.82) is 0 Å². The summed E-state index contributed by atoms with van der Waals surface area (Å²) in [5.74, 6) is -16.7. The maximum atomic E-state index is 14.3. The molecule has 2 aliphatic heterocycles. The quantitative estimate of drug-likeness (QED) is 0.0259. The molecular formula is C56H94N14O20. The fourth-order valence-electron chi connectivity index (χ4n) is 9.29. The van der Waals surface area contributed by atoms with Crippen LogP contribution in [0.1, 0.15) is 146 Å². The van der Waals surface area contributed by atoms with Gasteiger partial charge in [-0.25, -0.2) is 4.79 Å². The maximum absolute atomic E-state index is 14.3. The van der Waals surface area contributed by atoms with Crippen molar-refractivity contribution >= 4 is 94.8 Å². The Morgan fingerprint density at radius 1 is 0.533 bits per heavy atom. The van der Waals surface area contributed by atoms with Crippen LogP contribution < -0.4 is 70.0 Å². The van der Waals surface area contributed by atoms with E-state index < -0.39 is 206 Å². The van der Waals surface area contributed by atoms with E-state index in [0.717, 1.165) is 13.3 Å². The van der Waals surface area contributed by atoms with Gasteiger partial charge in [-0.3, -0.25) is 71.9 Å². The first-order chi connectivity index (χ1) is 42.0. The van der Waals surface area contributed by atoms with Gasteiger partial charge in [0.1, 0.15) is 60.4 Å². The van der Waals surface area contributed by atoms with Crippen LogP contribution in [0.4, 0.5) is 0 Å². The molecule has 0 unspecified atom stereocenters. The summed E-state index contributed by atoms with van der Waals surface area (Å²) in [5.41, 5.74) is 11.0. The Labute approximate surface area is 521 Å². The van der Waals surface area contributed by atoms with Crippen LogP contribution in [0.15, 0.2) is 0 Å². The number of nitrogens with one attached hydrogen (secondary N) is 11. The number of aliphatic carboxylic acids is 4. The van der Waals surface area contributed by atoms with Gasteiger partial charge in [0.2, 0.25) is 70.9 Å². The molecule has 2 fully saturated rings. The summed E-state index contributed by atoms with van der Waals surface area (Å²) in [6, 6.07) is -14.2. The molecule has 0 saturated carbocycles. The number of carbonyl (C=O) groups is 16. The van der Waals surface area contributed by atoms with Gasteiger partial charge >= 0.3 is 17.9 Å². The highest BCUT2D eigenvalue weighted by Gasteiger charge is 2.41. The second-order valence-electron chi connectivity index (χ2n) is 23.1. The number of nitrogens with two attached hydrogens (primary N) is 2. The molecule has 0 aliphatic carbocycles. The zero-order valence-electron chi connectivity index (χ0n) is 52.5. The summed E-state index contributed by atoms with van der Waals surface area (Å²) in [7, 11) is 0. The van der Waals surface area contributed by atoms with Crippen LogP contribution in [0.3, 0.4) is 0 Å². The number of likely N-dealkylation sites (tertiary alicyclic amines) is 1. The number of hydrogen-bond donors (Lipinski definition) is 17. The zero-order chi connectivity index (χ0) is 68.7. The van der Waals surface area contributed by atoms with Gasteiger partial charge < -0.3 is 95.3 Å². The highest BCUT2D eigenvalue weighted by Crippen LogP contribution is 2.22. The first-order valence-corrected chi connectivity index (χ1v) is 29.9. The third-order valence-corrected chi connectivity index (χ3v) is 14.1. The number of nitrogens with zero attached hydrogens (tertiary/aromatic N) is 1. The minimum atomic E-state index is -1.91.